The molecule has 5 nitrogen and oxygen atoms in total. The number of aryl methyl sites for hydroxylation is 1. The van der Waals surface area contributed by atoms with E-state index in [1.165, 1.54) is 12.3 Å². The number of halogens is 1. The molecular formula is C22H21FN2O3. The molecule has 0 fully saturated rings. The van der Waals surface area contributed by atoms with Crippen molar-refractivity contribution in [3.8, 4) is 0 Å². The summed E-state index contributed by atoms with van der Waals surface area (Å²) in [5.41, 5.74) is 2.24. The lowest BCUT2D eigenvalue weighted by atomic mass is 10.1. The first-order valence-corrected chi connectivity index (χ1v) is 8.92. The summed E-state index contributed by atoms with van der Waals surface area (Å²) >= 11 is 0. The van der Waals surface area contributed by atoms with Crippen LogP contribution in [0.1, 0.15) is 40.2 Å². The molecule has 0 saturated heterocycles. The Bertz CT molecular complexity index is 997. The average molecular weight is 380 g/mol. The van der Waals surface area contributed by atoms with Crippen molar-refractivity contribution in [2.45, 2.75) is 26.3 Å². The molecule has 3 aromatic rings. The van der Waals surface area contributed by atoms with Crippen molar-refractivity contribution in [1.29, 1.82) is 0 Å². The lowest BCUT2D eigenvalue weighted by molar-refractivity contribution is -0.115. The summed E-state index contributed by atoms with van der Waals surface area (Å²) in [6, 6.07) is 14.7. The van der Waals surface area contributed by atoms with Gasteiger partial charge < -0.3 is 15.1 Å². The summed E-state index contributed by atoms with van der Waals surface area (Å²) in [5.74, 6) is -0.392. The number of amides is 2. The summed E-state index contributed by atoms with van der Waals surface area (Å²) in [4.78, 5) is 24.6. The number of furan rings is 1. The van der Waals surface area contributed by atoms with Gasteiger partial charge in [-0.1, -0.05) is 30.3 Å². The Morgan fingerprint density at radius 3 is 2.61 bits per heavy atom. The standard InChI is InChI=1S/C22H21FN2O3/c1-14(24-22(27)19-10-11-28-15(19)2)16-7-5-8-18(12-16)25-21(26)13-17-6-3-4-9-20(17)23/h3-12,14H,13H2,1-2H3,(H,24,27)(H,25,26). The average Bonchev–Trinajstić information content (AvgIpc) is 3.10. The molecule has 144 valence electrons. The molecule has 1 heterocycles. The van der Waals surface area contributed by atoms with Gasteiger partial charge in [0.15, 0.2) is 0 Å². The van der Waals surface area contributed by atoms with Crippen molar-refractivity contribution in [3.05, 3.63) is 89.1 Å². The van der Waals surface area contributed by atoms with Crippen molar-refractivity contribution >= 4 is 17.5 Å². The van der Waals surface area contributed by atoms with E-state index in [1.54, 1.807) is 49.4 Å². The molecule has 0 saturated carbocycles. The van der Waals surface area contributed by atoms with Crippen molar-refractivity contribution in [1.82, 2.24) is 5.32 Å². The first-order valence-electron chi connectivity index (χ1n) is 8.92. The normalized spacial score (nSPS) is 11.7. The second-order valence-corrected chi connectivity index (χ2v) is 6.53. The van der Waals surface area contributed by atoms with Gasteiger partial charge in [0.2, 0.25) is 5.91 Å². The molecule has 2 aromatic carbocycles. The van der Waals surface area contributed by atoms with Crippen LogP contribution in [0.15, 0.2) is 65.3 Å². The van der Waals surface area contributed by atoms with Crippen LogP contribution in [-0.4, -0.2) is 11.8 Å². The van der Waals surface area contributed by atoms with E-state index in [-0.39, 0.29) is 24.3 Å². The molecule has 1 unspecified atom stereocenters. The monoisotopic (exact) mass is 380 g/mol. The first kappa shape index (κ1) is 19.4. The van der Waals surface area contributed by atoms with Crippen molar-refractivity contribution in [2.24, 2.45) is 0 Å². The van der Waals surface area contributed by atoms with E-state index in [9.17, 15) is 14.0 Å². The van der Waals surface area contributed by atoms with Crippen molar-refractivity contribution < 1.29 is 18.4 Å². The molecule has 3 rings (SSSR count). The van der Waals surface area contributed by atoms with Gasteiger partial charge in [-0.15, -0.1) is 0 Å². The molecule has 28 heavy (non-hydrogen) atoms. The molecule has 1 aromatic heterocycles. The van der Waals surface area contributed by atoms with Crippen LogP contribution in [0, 0.1) is 12.7 Å². The van der Waals surface area contributed by atoms with E-state index in [0.717, 1.165) is 5.56 Å². The first-order chi connectivity index (χ1) is 13.4. The second-order valence-electron chi connectivity index (χ2n) is 6.53. The number of rotatable bonds is 6. The summed E-state index contributed by atoms with van der Waals surface area (Å²) in [6.45, 7) is 3.58. The quantitative estimate of drug-likeness (QED) is 0.666. The topological polar surface area (TPSA) is 71.3 Å². The molecule has 0 spiro atoms. The molecule has 0 bridgehead atoms. The van der Waals surface area contributed by atoms with Gasteiger partial charge in [-0.05, 0) is 49.2 Å². The number of benzene rings is 2. The van der Waals surface area contributed by atoms with Gasteiger partial charge in [-0.25, -0.2) is 4.39 Å². The summed E-state index contributed by atoms with van der Waals surface area (Å²) in [7, 11) is 0. The highest BCUT2D eigenvalue weighted by Crippen LogP contribution is 2.19. The number of anilines is 1. The van der Waals surface area contributed by atoms with Gasteiger partial charge in [-0.2, -0.15) is 0 Å². The van der Waals surface area contributed by atoms with E-state index < -0.39 is 5.82 Å². The SMILES string of the molecule is Cc1occc1C(=O)NC(C)c1cccc(NC(=O)Cc2ccccc2F)c1. The summed E-state index contributed by atoms with van der Waals surface area (Å²) in [6.07, 6.45) is 1.42. The highest BCUT2D eigenvalue weighted by molar-refractivity contribution is 5.95. The van der Waals surface area contributed by atoms with Gasteiger partial charge >= 0.3 is 0 Å². The number of nitrogens with one attached hydrogen (secondary N) is 2. The maximum Gasteiger partial charge on any atom is 0.255 e. The van der Waals surface area contributed by atoms with Crippen LogP contribution in [0.5, 0.6) is 0 Å². The Morgan fingerprint density at radius 2 is 1.89 bits per heavy atom. The Balaban J connectivity index is 1.64. The van der Waals surface area contributed by atoms with Crippen molar-refractivity contribution in [3.63, 3.8) is 0 Å². The fraction of sp³-hybridized carbons (Fsp3) is 0.182. The van der Waals surface area contributed by atoms with Gasteiger partial charge in [0.1, 0.15) is 11.6 Å². The highest BCUT2D eigenvalue weighted by Gasteiger charge is 2.16. The molecule has 0 radical (unpaired) electrons. The smallest absolute Gasteiger partial charge is 0.255 e. The summed E-state index contributed by atoms with van der Waals surface area (Å²) in [5, 5.41) is 5.68. The Labute approximate surface area is 162 Å². The minimum atomic E-state index is -0.405. The fourth-order valence-corrected chi connectivity index (χ4v) is 2.88. The molecule has 6 heteroatoms. The number of carbonyl (C=O) groups excluding carboxylic acids is 2. The van der Waals surface area contributed by atoms with Gasteiger partial charge in [-0.3, -0.25) is 9.59 Å². The van der Waals surface area contributed by atoms with Crippen LogP contribution in [0.2, 0.25) is 0 Å². The largest absolute Gasteiger partial charge is 0.469 e. The predicted molar refractivity (Wildman–Crippen MR) is 105 cm³/mol. The zero-order chi connectivity index (χ0) is 20.1. The fourth-order valence-electron chi connectivity index (χ4n) is 2.88. The predicted octanol–water partition coefficient (Wildman–Crippen LogP) is 4.40. The maximum atomic E-state index is 13.7. The third-order valence-electron chi connectivity index (χ3n) is 4.43. The molecule has 2 amide bonds. The van der Waals surface area contributed by atoms with Gasteiger partial charge in [0, 0.05) is 5.69 Å². The number of hydrogen-bond acceptors (Lipinski definition) is 3. The molecule has 0 aliphatic heterocycles. The lowest BCUT2D eigenvalue weighted by Crippen LogP contribution is -2.27. The van der Waals surface area contributed by atoms with Crippen LogP contribution >= 0.6 is 0 Å². The zero-order valence-electron chi connectivity index (χ0n) is 15.7. The molecule has 0 aliphatic rings. The second kappa shape index (κ2) is 8.52. The molecule has 1 atom stereocenters. The van der Waals surface area contributed by atoms with E-state index in [4.69, 9.17) is 4.42 Å². The summed E-state index contributed by atoms with van der Waals surface area (Å²) < 4.78 is 18.9. The third-order valence-corrected chi connectivity index (χ3v) is 4.43. The van der Waals surface area contributed by atoms with Crippen LogP contribution in [0.4, 0.5) is 10.1 Å². The zero-order valence-corrected chi connectivity index (χ0v) is 15.7. The van der Waals surface area contributed by atoms with E-state index >= 15 is 0 Å². The Morgan fingerprint density at radius 1 is 1.11 bits per heavy atom. The number of carbonyl (C=O) groups is 2. The van der Waals surface area contributed by atoms with E-state index in [1.807, 2.05) is 13.0 Å². The van der Waals surface area contributed by atoms with Gasteiger partial charge in [0.25, 0.3) is 5.91 Å². The molecule has 2 N–H and O–H groups in total. The lowest BCUT2D eigenvalue weighted by Gasteiger charge is -2.15. The van der Waals surface area contributed by atoms with Crippen LogP contribution in [-0.2, 0) is 11.2 Å². The van der Waals surface area contributed by atoms with Crippen LogP contribution < -0.4 is 10.6 Å². The minimum Gasteiger partial charge on any atom is -0.469 e. The Kier molecular flexibility index (Phi) is 5.89. The van der Waals surface area contributed by atoms with Gasteiger partial charge in [0.05, 0.1) is 24.3 Å². The maximum absolute atomic E-state index is 13.7. The van der Waals surface area contributed by atoms with E-state index in [2.05, 4.69) is 10.6 Å². The van der Waals surface area contributed by atoms with Crippen LogP contribution in [0.3, 0.4) is 0 Å². The molecular weight excluding hydrogens is 359 g/mol. The third kappa shape index (κ3) is 4.65. The minimum absolute atomic E-state index is 0.0526. The van der Waals surface area contributed by atoms with Crippen molar-refractivity contribution in [2.75, 3.05) is 5.32 Å². The van der Waals surface area contributed by atoms with E-state index in [0.29, 0.717) is 22.6 Å². The Hall–Kier alpha value is -3.41. The molecule has 0 aliphatic carbocycles. The highest BCUT2D eigenvalue weighted by atomic mass is 19.1. The number of hydrogen-bond donors (Lipinski definition) is 2. The van der Waals surface area contributed by atoms with Crippen LogP contribution in [0.25, 0.3) is 0 Å².